The molecule has 1 atom stereocenters. The number of anilines is 2. The summed E-state index contributed by atoms with van der Waals surface area (Å²) in [6.45, 7) is 5.30. The van der Waals surface area contributed by atoms with E-state index < -0.39 is 15.8 Å². The second kappa shape index (κ2) is 7.24. The number of fused-ring (bicyclic) bond motifs is 1. The molecule has 1 amide bonds. The third kappa shape index (κ3) is 3.48. The van der Waals surface area contributed by atoms with E-state index in [0.717, 1.165) is 5.56 Å². The lowest BCUT2D eigenvalue weighted by atomic mass is 10.1. The number of carbonyl (C=O) groups excluding carboxylic acids is 1. The summed E-state index contributed by atoms with van der Waals surface area (Å²) in [5, 5.41) is 0. The molecule has 0 unspecified atom stereocenters. The third-order valence-corrected chi connectivity index (χ3v) is 7.52. The van der Waals surface area contributed by atoms with Gasteiger partial charge in [0.15, 0.2) is 0 Å². The van der Waals surface area contributed by atoms with Gasteiger partial charge in [-0.15, -0.1) is 0 Å². The van der Waals surface area contributed by atoms with Crippen LogP contribution in [0.1, 0.15) is 26.3 Å². The van der Waals surface area contributed by atoms with Crippen molar-refractivity contribution in [1.29, 1.82) is 0 Å². The van der Waals surface area contributed by atoms with Gasteiger partial charge in [-0.05, 0) is 78.2 Å². The number of carbonyl (C=O) groups is 1. The zero-order chi connectivity index (χ0) is 19.9. The quantitative estimate of drug-likeness (QED) is 0.698. The number of rotatable bonds is 4. The first-order valence-electron chi connectivity index (χ1n) is 8.57. The predicted octanol–water partition coefficient (Wildman–Crippen LogP) is 4.10. The van der Waals surface area contributed by atoms with Gasteiger partial charge >= 0.3 is 0 Å². The van der Waals surface area contributed by atoms with Gasteiger partial charge in [0.25, 0.3) is 10.0 Å². The van der Waals surface area contributed by atoms with Crippen molar-refractivity contribution in [3.05, 3.63) is 52.3 Å². The summed E-state index contributed by atoms with van der Waals surface area (Å²) in [7, 11) is -3.91. The Labute approximate surface area is 167 Å². The first kappa shape index (κ1) is 19.8. The normalized spacial score (nSPS) is 16.3. The molecule has 1 heterocycles. The van der Waals surface area contributed by atoms with E-state index in [1.807, 2.05) is 6.92 Å². The summed E-state index contributed by atoms with van der Waals surface area (Å²) in [6, 6.07) is 8.60. The Morgan fingerprint density at radius 2 is 1.93 bits per heavy atom. The molecule has 2 aromatic carbocycles. The van der Waals surface area contributed by atoms with Crippen LogP contribution in [0.25, 0.3) is 0 Å². The SMILES string of the molecule is CCN(c1ccc(F)cc1)S(=O)(=O)c1cc2c(cc1Br)C[C@H](C)N2C(C)=O. The maximum absolute atomic E-state index is 13.3. The molecular formula is C19H20BrFN2O3S. The Morgan fingerprint density at radius 1 is 1.30 bits per heavy atom. The van der Waals surface area contributed by atoms with Gasteiger partial charge in [-0.25, -0.2) is 12.8 Å². The first-order valence-corrected chi connectivity index (χ1v) is 10.8. The average molecular weight is 455 g/mol. The molecule has 27 heavy (non-hydrogen) atoms. The van der Waals surface area contributed by atoms with E-state index in [1.165, 1.54) is 35.5 Å². The highest BCUT2D eigenvalue weighted by molar-refractivity contribution is 9.10. The van der Waals surface area contributed by atoms with Gasteiger partial charge in [-0.3, -0.25) is 9.10 Å². The number of halogens is 2. The van der Waals surface area contributed by atoms with Crippen LogP contribution in [-0.4, -0.2) is 26.9 Å². The highest BCUT2D eigenvalue weighted by atomic mass is 79.9. The Kier molecular flexibility index (Phi) is 5.31. The Balaban J connectivity index is 2.12. The van der Waals surface area contributed by atoms with Crippen LogP contribution in [0.5, 0.6) is 0 Å². The Morgan fingerprint density at radius 3 is 2.48 bits per heavy atom. The molecule has 0 aromatic heterocycles. The molecule has 0 N–H and O–H groups in total. The maximum Gasteiger partial charge on any atom is 0.265 e. The van der Waals surface area contributed by atoms with E-state index in [1.54, 1.807) is 24.0 Å². The average Bonchev–Trinajstić information content (AvgIpc) is 2.91. The standard InChI is InChI=1S/C19H20BrFN2O3S/c1-4-22(16-7-5-15(21)6-8-16)27(25,26)19-11-18-14(10-17(19)20)9-12(2)23(18)13(3)24/h5-8,10-12H,4,9H2,1-3H3/t12-/m0/s1. The van der Waals surface area contributed by atoms with Crippen molar-refractivity contribution >= 4 is 43.2 Å². The van der Waals surface area contributed by atoms with Crippen LogP contribution in [0.15, 0.2) is 45.8 Å². The second-order valence-electron chi connectivity index (χ2n) is 6.50. The van der Waals surface area contributed by atoms with Crippen LogP contribution in [0.2, 0.25) is 0 Å². The van der Waals surface area contributed by atoms with Crippen molar-refractivity contribution in [2.75, 3.05) is 15.7 Å². The number of nitrogens with zero attached hydrogens (tertiary/aromatic N) is 2. The van der Waals surface area contributed by atoms with Gasteiger partial charge in [0.1, 0.15) is 10.7 Å². The number of amides is 1. The maximum atomic E-state index is 13.3. The summed E-state index contributed by atoms with van der Waals surface area (Å²) in [6.07, 6.45) is 0.670. The van der Waals surface area contributed by atoms with Crippen molar-refractivity contribution in [3.8, 4) is 0 Å². The van der Waals surface area contributed by atoms with Gasteiger partial charge in [0.05, 0.1) is 5.69 Å². The second-order valence-corrected chi connectivity index (χ2v) is 9.18. The van der Waals surface area contributed by atoms with E-state index in [9.17, 15) is 17.6 Å². The van der Waals surface area contributed by atoms with Crippen LogP contribution in [0, 0.1) is 5.82 Å². The van der Waals surface area contributed by atoms with Gasteiger partial charge in [0.2, 0.25) is 5.91 Å². The molecule has 2 aromatic rings. The smallest absolute Gasteiger partial charge is 0.265 e. The highest BCUT2D eigenvalue weighted by Crippen LogP contribution is 2.39. The summed E-state index contributed by atoms with van der Waals surface area (Å²) < 4.78 is 41.5. The predicted molar refractivity (Wildman–Crippen MR) is 107 cm³/mol. The first-order chi connectivity index (χ1) is 12.7. The van der Waals surface area contributed by atoms with Gasteiger partial charge in [-0.2, -0.15) is 0 Å². The van der Waals surface area contributed by atoms with Crippen molar-refractivity contribution < 1.29 is 17.6 Å². The van der Waals surface area contributed by atoms with E-state index >= 15 is 0 Å². The molecule has 0 bridgehead atoms. The minimum Gasteiger partial charge on any atom is -0.309 e. The lowest BCUT2D eigenvalue weighted by Gasteiger charge is -2.25. The fourth-order valence-electron chi connectivity index (χ4n) is 3.51. The molecule has 3 rings (SSSR count). The van der Waals surface area contributed by atoms with Crippen LogP contribution in [0.4, 0.5) is 15.8 Å². The third-order valence-electron chi connectivity index (χ3n) is 4.66. The molecule has 0 saturated heterocycles. The molecule has 0 aliphatic carbocycles. The van der Waals surface area contributed by atoms with E-state index in [2.05, 4.69) is 15.9 Å². The summed E-state index contributed by atoms with van der Waals surface area (Å²) in [4.78, 5) is 13.7. The van der Waals surface area contributed by atoms with Crippen LogP contribution in [0.3, 0.4) is 0 Å². The van der Waals surface area contributed by atoms with Crippen molar-refractivity contribution in [1.82, 2.24) is 0 Å². The summed E-state index contributed by atoms with van der Waals surface area (Å²) in [5.74, 6) is -0.560. The lowest BCUT2D eigenvalue weighted by Crippen LogP contribution is -2.34. The Hall–Kier alpha value is -1.93. The molecule has 1 aliphatic heterocycles. The topological polar surface area (TPSA) is 57.7 Å². The number of hydrogen-bond acceptors (Lipinski definition) is 3. The van der Waals surface area contributed by atoms with Gasteiger partial charge in [0, 0.05) is 29.7 Å². The Bertz CT molecular complexity index is 993. The molecule has 0 radical (unpaired) electrons. The molecule has 5 nitrogen and oxygen atoms in total. The number of hydrogen-bond donors (Lipinski definition) is 0. The summed E-state index contributed by atoms with van der Waals surface area (Å²) >= 11 is 3.37. The fraction of sp³-hybridized carbons (Fsp3) is 0.316. The number of benzene rings is 2. The molecule has 8 heteroatoms. The summed E-state index contributed by atoms with van der Waals surface area (Å²) in [5.41, 5.74) is 1.92. The fourth-order valence-corrected chi connectivity index (χ4v) is 6.06. The minimum absolute atomic E-state index is 0.0262. The molecular weight excluding hydrogens is 435 g/mol. The molecule has 0 saturated carbocycles. The molecule has 0 spiro atoms. The van der Waals surface area contributed by atoms with Crippen LogP contribution >= 0.6 is 15.9 Å². The molecule has 1 aliphatic rings. The van der Waals surface area contributed by atoms with Gasteiger partial charge in [-0.1, -0.05) is 0 Å². The zero-order valence-electron chi connectivity index (χ0n) is 15.2. The lowest BCUT2D eigenvalue weighted by molar-refractivity contribution is -0.116. The monoisotopic (exact) mass is 454 g/mol. The van der Waals surface area contributed by atoms with Crippen molar-refractivity contribution in [3.63, 3.8) is 0 Å². The highest BCUT2D eigenvalue weighted by Gasteiger charge is 2.33. The number of sulfonamides is 1. The van der Waals surface area contributed by atoms with Crippen LogP contribution in [-0.2, 0) is 21.2 Å². The molecule has 144 valence electrons. The van der Waals surface area contributed by atoms with E-state index in [0.29, 0.717) is 22.3 Å². The van der Waals surface area contributed by atoms with E-state index in [-0.39, 0.29) is 23.4 Å². The van der Waals surface area contributed by atoms with Crippen LogP contribution < -0.4 is 9.21 Å². The van der Waals surface area contributed by atoms with Crippen molar-refractivity contribution in [2.45, 2.75) is 38.1 Å². The van der Waals surface area contributed by atoms with Crippen molar-refractivity contribution in [2.24, 2.45) is 0 Å². The largest absolute Gasteiger partial charge is 0.309 e. The van der Waals surface area contributed by atoms with Gasteiger partial charge < -0.3 is 4.90 Å². The molecule has 0 fully saturated rings. The van der Waals surface area contributed by atoms with E-state index in [4.69, 9.17) is 0 Å². The minimum atomic E-state index is -3.91. The zero-order valence-corrected chi connectivity index (χ0v) is 17.6.